The van der Waals surface area contributed by atoms with Crippen LogP contribution in [-0.4, -0.2) is 23.0 Å². The van der Waals surface area contributed by atoms with Crippen LogP contribution in [0, 0.1) is 0 Å². The van der Waals surface area contributed by atoms with E-state index in [1.54, 1.807) is 0 Å². The fraction of sp³-hybridized carbons (Fsp3) is 0.571. The Bertz CT molecular complexity index is 300. The zero-order valence-corrected chi connectivity index (χ0v) is 8.13. The molecule has 1 atom stereocenters. The van der Waals surface area contributed by atoms with Gasteiger partial charge in [0.15, 0.2) is 0 Å². The molecule has 2 heterocycles. The van der Waals surface area contributed by atoms with E-state index in [0.29, 0.717) is 6.04 Å². The van der Waals surface area contributed by atoms with Crippen molar-refractivity contribution in [3.8, 4) is 0 Å². The molecule has 1 aliphatic rings. The minimum absolute atomic E-state index is 0.0439. The molecule has 1 aromatic heterocycles. The first-order valence-electron chi connectivity index (χ1n) is 3.85. The standard InChI is InChI=1S/C7H10N2OS2/c10-7-9-6(4-12-7)5-3-11-2-1-8-5/h4-5,8H,1-3H2,(H,9,10). The van der Waals surface area contributed by atoms with Crippen LogP contribution in [0.25, 0.3) is 0 Å². The molecule has 0 spiro atoms. The third-order valence-electron chi connectivity index (χ3n) is 1.84. The van der Waals surface area contributed by atoms with Crippen LogP contribution in [0.5, 0.6) is 0 Å². The Morgan fingerprint density at radius 3 is 3.08 bits per heavy atom. The van der Waals surface area contributed by atoms with Crippen molar-refractivity contribution >= 4 is 23.1 Å². The summed E-state index contributed by atoms with van der Waals surface area (Å²) < 4.78 is 0. The smallest absolute Gasteiger partial charge is 0.304 e. The molecule has 66 valence electrons. The van der Waals surface area contributed by atoms with E-state index in [9.17, 15) is 4.79 Å². The van der Waals surface area contributed by atoms with Crippen LogP contribution in [0.4, 0.5) is 0 Å². The van der Waals surface area contributed by atoms with E-state index in [1.807, 2.05) is 17.1 Å². The summed E-state index contributed by atoms with van der Waals surface area (Å²) in [7, 11) is 0. The van der Waals surface area contributed by atoms with Crippen LogP contribution in [0.15, 0.2) is 10.2 Å². The molecule has 3 nitrogen and oxygen atoms in total. The molecule has 2 N–H and O–H groups in total. The van der Waals surface area contributed by atoms with Gasteiger partial charge in [0.05, 0.1) is 6.04 Å². The largest absolute Gasteiger partial charge is 0.315 e. The quantitative estimate of drug-likeness (QED) is 0.708. The maximum atomic E-state index is 10.9. The van der Waals surface area contributed by atoms with Gasteiger partial charge in [-0.25, -0.2) is 0 Å². The third kappa shape index (κ3) is 1.73. The Labute approximate surface area is 78.6 Å². The van der Waals surface area contributed by atoms with Crippen LogP contribution in [-0.2, 0) is 0 Å². The minimum atomic E-state index is 0.0439. The van der Waals surface area contributed by atoms with Gasteiger partial charge in [0.25, 0.3) is 0 Å². The molecular formula is C7H10N2OS2. The molecule has 1 fully saturated rings. The van der Waals surface area contributed by atoms with E-state index in [2.05, 4.69) is 10.3 Å². The Hall–Kier alpha value is -0.260. The summed E-state index contributed by atoms with van der Waals surface area (Å²) in [6.45, 7) is 1.03. The predicted octanol–water partition coefficient (Wildman–Crippen LogP) is 0.814. The molecule has 12 heavy (non-hydrogen) atoms. The molecule has 5 heteroatoms. The van der Waals surface area contributed by atoms with Gasteiger partial charge < -0.3 is 10.3 Å². The number of hydrogen-bond donors (Lipinski definition) is 2. The highest BCUT2D eigenvalue weighted by atomic mass is 32.2. The molecule has 0 aromatic carbocycles. The number of thioether (sulfide) groups is 1. The molecule has 1 aliphatic heterocycles. The summed E-state index contributed by atoms with van der Waals surface area (Å²) in [6.07, 6.45) is 0. The lowest BCUT2D eigenvalue weighted by Crippen LogP contribution is -2.30. The number of H-pyrrole nitrogens is 1. The molecule has 1 saturated heterocycles. The van der Waals surface area contributed by atoms with Crippen molar-refractivity contribution in [2.75, 3.05) is 18.1 Å². The van der Waals surface area contributed by atoms with Crippen LogP contribution < -0.4 is 10.2 Å². The molecule has 0 bridgehead atoms. The van der Waals surface area contributed by atoms with E-state index < -0.39 is 0 Å². The molecule has 1 unspecified atom stereocenters. The average molecular weight is 202 g/mol. The number of aromatic amines is 1. The maximum absolute atomic E-state index is 10.9. The van der Waals surface area contributed by atoms with E-state index in [0.717, 1.165) is 18.0 Å². The molecule has 1 aromatic rings. The Balaban J connectivity index is 2.13. The molecule has 2 rings (SSSR count). The summed E-state index contributed by atoms with van der Waals surface area (Å²) in [4.78, 5) is 13.7. The number of rotatable bonds is 1. The molecule has 0 aliphatic carbocycles. The lowest BCUT2D eigenvalue weighted by Gasteiger charge is -2.21. The SMILES string of the molecule is O=c1[nH]c(C2CSCCN2)cs1. The second-order valence-corrected chi connectivity index (χ2v) is 4.68. The summed E-state index contributed by atoms with van der Waals surface area (Å²) in [5, 5.41) is 5.27. The van der Waals surface area contributed by atoms with E-state index >= 15 is 0 Å². The van der Waals surface area contributed by atoms with E-state index in [-0.39, 0.29) is 4.87 Å². The van der Waals surface area contributed by atoms with Crippen molar-refractivity contribution in [3.63, 3.8) is 0 Å². The van der Waals surface area contributed by atoms with Crippen molar-refractivity contribution in [2.45, 2.75) is 6.04 Å². The summed E-state index contributed by atoms with van der Waals surface area (Å²) in [5.41, 5.74) is 1.04. The molecule has 0 radical (unpaired) electrons. The zero-order valence-electron chi connectivity index (χ0n) is 6.50. The maximum Gasteiger partial charge on any atom is 0.304 e. The van der Waals surface area contributed by atoms with Gasteiger partial charge in [0, 0.05) is 29.1 Å². The summed E-state index contributed by atoms with van der Waals surface area (Å²) in [6, 6.07) is 0.350. The number of hydrogen-bond acceptors (Lipinski definition) is 4. The highest BCUT2D eigenvalue weighted by Gasteiger charge is 2.15. The topological polar surface area (TPSA) is 44.9 Å². The number of nitrogens with one attached hydrogen (secondary N) is 2. The van der Waals surface area contributed by atoms with Gasteiger partial charge in [-0.1, -0.05) is 11.3 Å². The summed E-state index contributed by atoms with van der Waals surface area (Å²) in [5.74, 6) is 2.23. The van der Waals surface area contributed by atoms with Gasteiger partial charge in [0.2, 0.25) is 0 Å². The van der Waals surface area contributed by atoms with E-state index in [4.69, 9.17) is 0 Å². The molecule has 0 amide bonds. The van der Waals surface area contributed by atoms with Crippen LogP contribution in [0.3, 0.4) is 0 Å². The Kier molecular flexibility index (Phi) is 2.53. The van der Waals surface area contributed by atoms with Gasteiger partial charge in [-0.2, -0.15) is 11.8 Å². The van der Waals surface area contributed by atoms with Crippen molar-refractivity contribution in [2.24, 2.45) is 0 Å². The van der Waals surface area contributed by atoms with Crippen molar-refractivity contribution in [3.05, 3.63) is 20.7 Å². The highest BCUT2D eigenvalue weighted by molar-refractivity contribution is 7.99. The number of thiazole rings is 1. The fourth-order valence-corrected chi connectivity index (χ4v) is 2.82. The van der Waals surface area contributed by atoms with Gasteiger partial charge in [0.1, 0.15) is 0 Å². The van der Waals surface area contributed by atoms with Crippen molar-refractivity contribution < 1.29 is 0 Å². The third-order valence-corrected chi connectivity index (χ3v) is 3.59. The Morgan fingerprint density at radius 2 is 2.50 bits per heavy atom. The van der Waals surface area contributed by atoms with Gasteiger partial charge in [-0.05, 0) is 0 Å². The van der Waals surface area contributed by atoms with Crippen molar-refractivity contribution in [1.29, 1.82) is 0 Å². The van der Waals surface area contributed by atoms with Gasteiger partial charge >= 0.3 is 4.87 Å². The first-order chi connectivity index (χ1) is 5.86. The first kappa shape index (κ1) is 8.34. The number of aromatic nitrogens is 1. The van der Waals surface area contributed by atoms with Gasteiger partial charge in [-0.3, -0.25) is 4.79 Å². The molecular weight excluding hydrogens is 192 g/mol. The Morgan fingerprint density at radius 1 is 1.58 bits per heavy atom. The second kappa shape index (κ2) is 3.64. The van der Waals surface area contributed by atoms with E-state index in [1.165, 1.54) is 17.1 Å². The highest BCUT2D eigenvalue weighted by Crippen LogP contribution is 2.19. The van der Waals surface area contributed by atoms with Crippen LogP contribution >= 0.6 is 23.1 Å². The average Bonchev–Trinajstić information content (AvgIpc) is 2.54. The molecule has 0 saturated carbocycles. The lowest BCUT2D eigenvalue weighted by atomic mass is 10.2. The zero-order chi connectivity index (χ0) is 8.39. The van der Waals surface area contributed by atoms with Crippen molar-refractivity contribution in [1.82, 2.24) is 10.3 Å². The second-order valence-electron chi connectivity index (χ2n) is 2.69. The van der Waals surface area contributed by atoms with Crippen LogP contribution in [0.2, 0.25) is 0 Å². The summed E-state index contributed by atoms with van der Waals surface area (Å²) >= 11 is 3.16. The van der Waals surface area contributed by atoms with Gasteiger partial charge in [-0.15, -0.1) is 0 Å². The fourth-order valence-electron chi connectivity index (χ4n) is 1.23. The lowest BCUT2D eigenvalue weighted by molar-refractivity contribution is 0.583. The normalized spacial score (nSPS) is 24.2. The monoisotopic (exact) mass is 202 g/mol. The predicted molar refractivity (Wildman–Crippen MR) is 53.0 cm³/mol. The first-order valence-corrected chi connectivity index (χ1v) is 5.88. The van der Waals surface area contributed by atoms with Crippen LogP contribution in [0.1, 0.15) is 11.7 Å². The minimum Gasteiger partial charge on any atom is -0.315 e.